The molecule has 7 heteroatoms. The van der Waals surface area contributed by atoms with Gasteiger partial charge >= 0.3 is 0 Å². The first-order valence-corrected chi connectivity index (χ1v) is 7.95. The maximum Gasteiger partial charge on any atom is 0.176 e. The Morgan fingerprint density at radius 3 is 2.62 bits per heavy atom. The lowest BCUT2D eigenvalue weighted by Crippen LogP contribution is -2.40. The van der Waals surface area contributed by atoms with Gasteiger partial charge in [-0.2, -0.15) is 0 Å². The molecular weight excluding hydrogens is 391 g/mol. The van der Waals surface area contributed by atoms with Crippen LogP contribution in [0.4, 0.5) is 0 Å². The molecule has 3 rings (SSSR count). The van der Waals surface area contributed by atoms with Gasteiger partial charge in [-0.15, -0.1) is 0 Å². The fourth-order valence-corrected chi connectivity index (χ4v) is 3.71. The molecule has 3 aliphatic rings. The lowest BCUT2D eigenvalue weighted by atomic mass is 9.86. The molecule has 0 aromatic heterocycles. The van der Waals surface area contributed by atoms with Crippen LogP contribution in [0, 0.1) is 5.92 Å². The molecule has 2 heterocycles. The van der Waals surface area contributed by atoms with Crippen molar-refractivity contribution < 1.29 is 28.9 Å². The molecule has 5 atom stereocenters. The van der Waals surface area contributed by atoms with E-state index in [0.717, 1.165) is 0 Å². The quantitative estimate of drug-likeness (QED) is 0.537. The minimum atomic E-state index is -0.769. The molecule has 3 unspecified atom stereocenters. The highest BCUT2D eigenvalue weighted by atomic mass is 127. The molecule has 6 nitrogen and oxygen atoms in total. The molecule has 0 amide bonds. The number of ketones is 2. The normalized spacial score (nSPS) is 42.1. The van der Waals surface area contributed by atoms with Gasteiger partial charge in [0.05, 0.1) is 22.5 Å². The van der Waals surface area contributed by atoms with Crippen molar-refractivity contribution in [3.8, 4) is 0 Å². The number of ether oxygens (including phenoxy) is 3. The predicted molar refractivity (Wildman–Crippen MR) is 79.8 cm³/mol. The van der Waals surface area contributed by atoms with Crippen molar-refractivity contribution in [1.29, 1.82) is 0 Å². The fraction of sp³-hybridized carbons (Fsp3) is 0.714. The molecule has 0 saturated carbocycles. The highest BCUT2D eigenvalue weighted by Gasteiger charge is 2.57. The number of halogens is 1. The summed E-state index contributed by atoms with van der Waals surface area (Å²) in [6.07, 6.45) is -0.320. The SMILES string of the molecule is CC1(C)OC2C(O1)[C@@H](CO)O[C@H]2C1C=C(I)C(=O)CC1=O. The summed E-state index contributed by atoms with van der Waals surface area (Å²) >= 11 is 1.94. The van der Waals surface area contributed by atoms with Crippen LogP contribution < -0.4 is 0 Å². The minimum Gasteiger partial charge on any atom is -0.394 e. The third-order valence-electron chi connectivity index (χ3n) is 4.02. The van der Waals surface area contributed by atoms with Crippen molar-refractivity contribution in [3.63, 3.8) is 0 Å². The summed E-state index contributed by atoms with van der Waals surface area (Å²) in [5.74, 6) is -1.63. The van der Waals surface area contributed by atoms with Crippen LogP contribution in [0.1, 0.15) is 20.3 Å². The molecule has 0 spiro atoms. The van der Waals surface area contributed by atoms with E-state index in [4.69, 9.17) is 14.2 Å². The molecule has 2 aliphatic heterocycles. The van der Waals surface area contributed by atoms with Gasteiger partial charge in [0.2, 0.25) is 0 Å². The zero-order valence-electron chi connectivity index (χ0n) is 11.7. The zero-order chi connectivity index (χ0) is 15.4. The van der Waals surface area contributed by atoms with Crippen LogP contribution in [0.25, 0.3) is 0 Å². The summed E-state index contributed by atoms with van der Waals surface area (Å²) in [5.41, 5.74) is 0. The average Bonchev–Trinajstić information content (AvgIpc) is 2.87. The number of allylic oxidation sites excluding steroid dienone is 1. The highest BCUT2D eigenvalue weighted by molar-refractivity contribution is 14.1. The number of aliphatic hydroxyl groups is 1. The first-order chi connectivity index (χ1) is 9.82. The Morgan fingerprint density at radius 1 is 1.29 bits per heavy atom. The molecule has 0 aromatic rings. The van der Waals surface area contributed by atoms with E-state index >= 15 is 0 Å². The van der Waals surface area contributed by atoms with Crippen LogP contribution >= 0.6 is 22.6 Å². The summed E-state index contributed by atoms with van der Waals surface area (Å²) < 4.78 is 18.0. The van der Waals surface area contributed by atoms with Crippen molar-refractivity contribution in [2.45, 2.75) is 50.5 Å². The Morgan fingerprint density at radius 2 is 1.95 bits per heavy atom. The van der Waals surface area contributed by atoms with Crippen LogP contribution in [-0.2, 0) is 23.8 Å². The smallest absolute Gasteiger partial charge is 0.176 e. The van der Waals surface area contributed by atoms with Gasteiger partial charge in [0, 0.05) is 0 Å². The average molecular weight is 408 g/mol. The van der Waals surface area contributed by atoms with Crippen LogP contribution in [-0.4, -0.2) is 53.5 Å². The van der Waals surface area contributed by atoms with Crippen LogP contribution in [0.15, 0.2) is 9.66 Å². The number of Topliss-reactive ketones (excluding diaryl/α,β-unsaturated/α-hetero) is 2. The van der Waals surface area contributed by atoms with E-state index in [1.165, 1.54) is 0 Å². The first-order valence-electron chi connectivity index (χ1n) is 6.87. The molecule has 1 N–H and O–H groups in total. The Bertz CT molecular complexity index is 514. The molecular formula is C14H17IO6. The van der Waals surface area contributed by atoms with Gasteiger partial charge in [-0.25, -0.2) is 0 Å². The summed E-state index contributed by atoms with van der Waals surface area (Å²) in [4.78, 5) is 23.8. The number of carbonyl (C=O) groups excluding carboxylic acids is 2. The lowest BCUT2D eigenvalue weighted by molar-refractivity contribution is -0.194. The maximum absolute atomic E-state index is 12.2. The van der Waals surface area contributed by atoms with E-state index in [1.54, 1.807) is 19.9 Å². The standard InChI is InChI=1S/C14H17IO6/c1-14(2)20-12-10(5-16)19-11(13(12)21-14)6-3-7(15)9(18)4-8(6)17/h3,6,10-13,16H,4-5H2,1-2H3/t6?,10-,11+,12?,13?/m1/s1. The molecule has 0 aromatic carbocycles. The van der Waals surface area contributed by atoms with E-state index < -0.39 is 36.1 Å². The third kappa shape index (κ3) is 2.70. The number of hydrogen-bond donors (Lipinski definition) is 1. The molecule has 0 bridgehead atoms. The van der Waals surface area contributed by atoms with E-state index in [1.807, 2.05) is 22.6 Å². The van der Waals surface area contributed by atoms with Crippen molar-refractivity contribution in [2.75, 3.05) is 6.61 Å². The Labute approximate surface area is 135 Å². The summed E-state index contributed by atoms with van der Waals surface area (Å²) in [6.45, 7) is 3.39. The third-order valence-corrected chi connectivity index (χ3v) is 4.98. The monoisotopic (exact) mass is 408 g/mol. The van der Waals surface area contributed by atoms with Gasteiger partial charge in [0.1, 0.15) is 30.2 Å². The Hall–Kier alpha value is -0.350. The van der Waals surface area contributed by atoms with Crippen molar-refractivity contribution >= 4 is 34.2 Å². The summed E-state index contributed by atoms with van der Waals surface area (Å²) in [7, 11) is 0. The summed E-state index contributed by atoms with van der Waals surface area (Å²) in [6, 6.07) is 0. The van der Waals surface area contributed by atoms with Gasteiger partial charge < -0.3 is 19.3 Å². The molecule has 2 saturated heterocycles. The van der Waals surface area contributed by atoms with Gasteiger partial charge in [0.25, 0.3) is 0 Å². The van der Waals surface area contributed by atoms with Crippen LogP contribution in [0.5, 0.6) is 0 Å². The molecule has 1 aliphatic carbocycles. The van der Waals surface area contributed by atoms with Gasteiger partial charge in [-0.3, -0.25) is 9.59 Å². The second-order valence-electron chi connectivity index (χ2n) is 5.99. The number of hydrogen-bond acceptors (Lipinski definition) is 6. The number of fused-ring (bicyclic) bond motifs is 1. The van der Waals surface area contributed by atoms with Crippen molar-refractivity contribution in [1.82, 2.24) is 0 Å². The molecule has 2 fully saturated rings. The minimum absolute atomic E-state index is 0.106. The lowest BCUT2D eigenvalue weighted by Gasteiger charge is -2.28. The van der Waals surface area contributed by atoms with E-state index in [2.05, 4.69) is 0 Å². The maximum atomic E-state index is 12.2. The topological polar surface area (TPSA) is 82.1 Å². The fourth-order valence-electron chi connectivity index (χ4n) is 3.13. The largest absolute Gasteiger partial charge is 0.394 e. The first kappa shape index (κ1) is 15.5. The highest BCUT2D eigenvalue weighted by Crippen LogP contribution is 2.42. The van der Waals surface area contributed by atoms with E-state index in [-0.39, 0.29) is 24.6 Å². The Kier molecular flexibility index (Phi) is 3.98. The van der Waals surface area contributed by atoms with Crippen LogP contribution in [0.2, 0.25) is 0 Å². The molecule has 116 valence electrons. The van der Waals surface area contributed by atoms with E-state index in [0.29, 0.717) is 3.58 Å². The van der Waals surface area contributed by atoms with Gasteiger partial charge in [-0.05, 0) is 36.4 Å². The second-order valence-corrected chi connectivity index (χ2v) is 7.16. The van der Waals surface area contributed by atoms with Crippen molar-refractivity contribution in [2.24, 2.45) is 5.92 Å². The van der Waals surface area contributed by atoms with Gasteiger partial charge in [-0.1, -0.05) is 6.08 Å². The number of aliphatic hydroxyl groups excluding tert-OH is 1. The van der Waals surface area contributed by atoms with Crippen LogP contribution in [0.3, 0.4) is 0 Å². The number of rotatable bonds is 2. The van der Waals surface area contributed by atoms with Crippen molar-refractivity contribution in [3.05, 3.63) is 9.66 Å². The molecule has 21 heavy (non-hydrogen) atoms. The predicted octanol–water partition coefficient (Wildman–Crippen LogP) is 0.743. The molecule has 0 radical (unpaired) electrons. The summed E-state index contributed by atoms with van der Waals surface area (Å²) in [5, 5.41) is 9.44. The van der Waals surface area contributed by atoms with Gasteiger partial charge in [0.15, 0.2) is 11.6 Å². The second kappa shape index (κ2) is 5.38. The van der Waals surface area contributed by atoms with E-state index in [9.17, 15) is 14.7 Å². The Balaban J connectivity index is 1.89. The number of carbonyl (C=O) groups is 2. The zero-order valence-corrected chi connectivity index (χ0v) is 13.9.